The van der Waals surface area contributed by atoms with E-state index in [0.29, 0.717) is 16.8 Å². The monoisotopic (exact) mass is 293 g/mol. The fraction of sp³-hybridized carbons (Fsp3) is 0.118. The van der Waals surface area contributed by atoms with Gasteiger partial charge < -0.3 is 5.32 Å². The van der Waals surface area contributed by atoms with Crippen molar-refractivity contribution in [2.75, 3.05) is 12.4 Å². The Morgan fingerprint density at radius 2 is 1.86 bits per heavy atom. The zero-order valence-corrected chi connectivity index (χ0v) is 12.1. The quantitative estimate of drug-likeness (QED) is 0.854. The van der Waals surface area contributed by atoms with E-state index in [-0.39, 0.29) is 18.1 Å². The normalized spacial score (nSPS) is 14.8. The zero-order chi connectivity index (χ0) is 15.5. The number of Topliss-reactive ketones (excluding diaryl/α,β-unsaturated/α-hetero) is 1. The van der Waals surface area contributed by atoms with Crippen molar-refractivity contribution in [2.45, 2.75) is 6.42 Å². The molecule has 0 spiro atoms. The molecule has 2 aromatic carbocycles. The van der Waals surface area contributed by atoms with Gasteiger partial charge in [0.25, 0.3) is 5.91 Å². The Morgan fingerprint density at radius 1 is 1.09 bits per heavy atom. The summed E-state index contributed by atoms with van der Waals surface area (Å²) in [6.07, 6.45) is 0.218. The Morgan fingerprint density at radius 3 is 2.64 bits per heavy atom. The van der Waals surface area contributed by atoms with E-state index in [4.69, 9.17) is 0 Å². The van der Waals surface area contributed by atoms with E-state index in [1.54, 1.807) is 31.3 Å². The van der Waals surface area contributed by atoms with Gasteiger partial charge in [0.1, 0.15) is 0 Å². The predicted molar refractivity (Wildman–Crippen MR) is 85.4 cm³/mol. The molecule has 5 nitrogen and oxygen atoms in total. The maximum absolute atomic E-state index is 12.1. The summed E-state index contributed by atoms with van der Waals surface area (Å²) >= 11 is 0. The first-order valence-corrected chi connectivity index (χ1v) is 6.96. The molecule has 1 aliphatic carbocycles. The molecule has 22 heavy (non-hydrogen) atoms. The highest BCUT2D eigenvalue weighted by atomic mass is 16.2. The van der Waals surface area contributed by atoms with Crippen molar-refractivity contribution in [3.8, 4) is 0 Å². The molecule has 0 heterocycles. The van der Waals surface area contributed by atoms with Crippen LogP contribution in [-0.2, 0) is 0 Å². The molecule has 0 aromatic heterocycles. The topological polar surface area (TPSA) is 70.6 Å². The van der Waals surface area contributed by atoms with E-state index in [0.717, 1.165) is 11.3 Å². The summed E-state index contributed by atoms with van der Waals surface area (Å²) in [5.74, 6) is -0.276. The Bertz CT molecular complexity index is 781. The van der Waals surface area contributed by atoms with Crippen LogP contribution in [-0.4, -0.2) is 24.4 Å². The minimum absolute atomic E-state index is 0.0285. The molecule has 0 saturated heterocycles. The highest BCUT2D eigenvalue weighted by molar-refractivity contribution is 6.26. The Kier molecular flexibility index (Phi) is 3.70. The minimum Gasteiger partial charge on any atom is -0.388 e. The third-order valence-electron chi connectivity index (χ3n) is 3.57. The number of carbonyl (C=O) groups excluding carboxylic acids is 2. The molecule has 0 bridgehead atoms. The molecule has 5 heteroatoms. The maximum atomic E-state index is 12.1. The fourth-order valence-electron chi connectivity index (χ4n) is 2.42. The first-order chi connectivity index (χ1) is 10.7. The SMILES string of the molecule is CNc1cccc(C(=O)N/N=C2\CC(=O)c3ccccc32)c1. The molecule has 3 rings (SSSR count). The molecule has 0 atom stereocenters. The number of hydrogen-bond acceptors (Lipinski definition) is 4. The number of fused-ring (bicyclic) bond motifs is 1. The number of hydrogen-bond donors (Lipinski definition) is 2. The average Bonchev–Trinajstić information content (AvgIpc) is 2.89. The predicted octanol–water partition coefficient (Wildman–Crippen LogP) is 2.45. The van der Waals surface area contributed by atoms with Crippen molar-refractivity contribution < 1.29 is 9.59 Å². The van der Waals surface area contributed by atoms with Crippen LogP contribution in [0.25, 0.3) is 0 Å². The third kappa shape index (κ3) is 2.61. The van der Waals surface area contributed by atoms with E-state index in [9.17, 15) is 9.59 Å². The molecule has 0 saturated carbocycles. The summed E-state index contributed by atoms with van der Waals surface area (Å²) in [6, 6.07) is 14.4. The lowest BCUT2D eigenvalue weighted by molar-refractivity contribution is 0.0952. The summed E-state index contributed by atoms with van der Waals surface area (Å²) in [5.41, 5.74) is 5.92. The van der Waals surface area contributed by atoms with Crippen molar-refractivity contribution >= 4 is 23.1 Å². The largest absolute Gasteiger partial charge is 0.388 e. The molecular weight excluding hydrogens is 278 g/mol. The average molecular weight is 293 g/mol. The lowest BCUT2D eigenvalue weighted by atomic mass is 10.1. The number of anilines is 1. The molecule has 0 unspecified atom stereocenters. The van der Waals surface area contributed by atoms with Crippen molar-refractivity contribution in [3.63, 3.8) is 0 Å². The fourth-order valence-corrected chi connectivity index (χ4v) is 2.42. The summed E-state index contributed by atoms with van der Waals surface area (Å²) in [4.78, 5) is 24.0. The smallest absolute Gasteiger partial charge is 0.271 e. The molecule has 0 aliphatic heterocycles. The molecule has 0 radical (unpaired) electrons. The van der Waals surface area contributed by atoms with Crippen LogP contribution < -0.4 is 10.7 Å². The van der Waals surface area contributed by atoms with Gasteiger partial charge in [0.05, 0.1) is 12.1 Å². The third-order valence-corrected chi connectivity index (χ3v) is 3.57. The van der Waals surface area contributed by atoms with Crippen LogP contribution in [0.15, 0.2) is 53.6 Å². The van der Waals surface area contributed by atoms with Crippen LogP contribution >= 0.6 is 0 Å². The van der Waals surface area contributed by atoms with Gasteiger partial charge in [-0.25, -0.2) is 5.43 Å². The van der Waals surface area contributed by atoms with Crippen molar-refractivity contribution in [2.24, 2.45) is 5.10 Å². The van der Waals surface area contributed by atoms with E-state index < -0.39 is 0 Å². The number of carbonyl (C=O) groups is 2. The van der Waals surface area contributed by atoms with Gasteiger partial charge in [-0.3, -0.25) is 9.59 Å². The number of nitrogens with one attached hydrogen (secondary N) is 2. The number of nitrogens with zero attached hydrogens (tertiary/aromatic N) is 1. The molecule has 110 valence electrons. The van der Waals surface area contributed by atoms with Gasteiger partial charge in [-0.1, -0.05) is 30.3 Å². The first-order valence-electron chi connectivity index (χ1n) is 6.96. The summed E-state index contributed by atoms with van der Waals surface area (Å²) in [5, 5.41) is 7.10. The van der Waals surface area contributed by atoms with E-state index in [1.165, 1.54) is 0 Å². The van der Waals surface area contributed by atoms with Gasteiger partial charge in [-0.2, -0.15) is 5.10 Å². The Labute approximate surface area is 128 Å². The van der Waals surface area contributed by atoms with Gasteiger partial charge in [0, 0.05) is 29.4 Å². The van der Waals surface area contributed by atoms with Gasteiger partial charge >= 0.3 is 0 Å². The van der Waals surface area contributed by atoms with Crippen LogP contribution in [0.1, 0.15) is 32.7 Å². The molecular formula is C17H15N3O2. The van der Waals surface area contributed by atoms with E-state index >= 15 is 0 Å². The van der Waals surface area contributed by atoms with Crippen LogP contribution in [0.4, 0.5) is 5.69 Å². The van der Waals surface area contributed by atoms with Gasteiger partial charge in [-0.15, -0.1) is 0 Å². The summed E-state index contributed by atoms with van der Waals surface area (Å²) in [7, 11) is 1.79. The number of rotatable bonds is 3. The number of hydrazone groups is 1. The number of benzene rings is 2. The van der Waals surface area contributed by atoms with Crippen molar-refractivity contribution in [1.29, 1.82) is 0 Å². The minimum atomic E-state index is -0.304. The summed E-state index contributed by atoms with van der Waals surface area (Å²) < 4.78 is 0. The molecule has 1 amide bonds. The van der Waals surface area contributed by atoms with Gasteiger partial charge in [0.2, 0.25) is 0 Å². The van der Waals surface area contributed by atoms with Crippen molar-refractivity contribution in [3.05, 3.63) is 65.2 Å². The standard InChI is InChI=1S/C17H15N3O2/c1-18-12-6-4-5-11(9-12)17(22)20-19-15-10-16(21)14-8-3-2-7-13(14)15/h2-9,18H,10H2,1H3,(H,20,22)/b19-15+. The van der Waals surface area contributed by atoms with Crippen LogP contribution in [0.3, 0.4) is 0 Å². The Balaban J connectivity index is 1.80. The zero-order valence-electron chi connectivity index (χ0n) is 12.1. The molecule has 2 N–H and O–H groups in total. The Hall–Kier alpha value is -2.95. The van der Waals surface area contributed by atoms with Crippen LogP contribution in [0, 0.1) is 0 Å². The number of ketones is 1. The second-order valence-electron chi connectivity index (χ2n) is 4.98. The maximum Gasteiger partial charge on any atom is 0.271 e. The van der Waals surface area contributed by atoms with E-state index in [2.05, 4.69) is 15.8 Å². The first kappa shape index (κ1) is 14.0. The lowest BCUT2D eigenvalue weighted by Gasteiger charge is -2.04. The molecule has 2 aromatic rings. The van der Waals surface area contributed by atoms with Crippen molar-refractivity contribution in [1.82, 2.24) is 5.43 Å². The lowest BCUT2D eigenvalue weighted by Crippen LogP contribution is -2.19. The number of amides is 1. The van der Waals surface area contributed by atoms with E-state index in [1.807, 2.05) is 24.3 Å². The molecule has 1 aliphatic rings. The second-order valence-corrected chi connectivity index (χ2v) is 4.98. The van der Waals surface area contributed by atoms with Crippen LogP contribution in [0.5, 0.6) is 0 Å². The highest BCUT2D eigenvalue weighted by Crippen LogP contribution is 2.21. The van der Waals surface area contributed by atoms with Gasteiger partial charge in [-0.05, 0) is 18.2 Å². The van der Waals surface area contributed by atoms with Crippen LogP contribution in [0.2, 0.25) is 0 Å². The van der Waals surface area contributed by atoms with Gasteiger partial charge in [0.15, 0.2) is 5.78 Å². The summed E-state index contributed by atoms with van der Waals surface area (Å²) in [6.45, 7) is 0. The highest BCUT2D eigenvalue weighted by Gasteiger charge is 2.25. The second kappa shape index (κ2) is 5.81. The molecule has 0 fully saturated rings.